The fourth-order valence-electron chi connectivity index (χ4n) is 6.15. The number of aromatic nitrogens is 2. The molecule has 8 heteroatoms. The van der Waals surface area contributed by atoms with E-state index in [0.29, 0.717) is 16.5 Å². The van der Waals surface area contributed by atoms with Gasteiger partial charge < -0.3 is 24.8 Å². The molecular formula is C35H41N5O2S. The van der Waals surface area contributed by atoms with Gasteiger partial charge in [0.25, 0.3) is 0 Å². The van der Waals surface area contributed by atoms with Crippen molar-refractivity contribution in [3.8, 4) is 11.4 Å². The van der Waals surface area contributed by atoms with Gasteiger partial charge >= 0.3 is 0 Å². The van der Waals surface area contributed by atoms with Gasteiger partial charge in [-0.15, -0.1) is 0 Å². The normalized spacial score (nSPS) is 16.8. The number of methoxy groups -OCH3 is 1. The number of aryl methyl sites for hydroxylation is 4. The van der Waals surface area contributed by atoms with Gasteiger partial charge in [-0.25, -0.2) is 0 Å². The van der Waals surface area contributed by atoms with Crippen molar-refractivity contribution in [1.29, 1.82) is 0 Å². The lowest BCUT2D eigenvalue weighted by atomic mass is 9.95. The molecule has 1 fully saturated rings. The quantitative estimate of drug-likeness (QED) is 0.224. The molecule has 0 radical (unpaired) electrons. The summed E-state index contributed by atoms with van der Waals surface area (Å²) < 4.78 is 8.13. The first-order valence-corrected chi connectivity index (χ1v) is 15.0. The SMILES string of the molecule is COc1cc(N2C(=S)N[C@H](c3ccccn3)[C@H]2c2cc(C)n(-c3c(C)cc(C)cc3C)c2C)ccc1NC(=O)C(C)(C)C. The van der Waals surface area contributed by atoms with Gasteiger partial charge in [-0.1, -0.05) is 44.5 Å². The van der Waals surface area contributed by atoms with Crippen molar-refractivity contribution in [1.82, 2.24) is 14.9 Å². The number of anilines is 2. The van der Waals surface area contributed by atoms with Crippen molar-refractivity contribution < 1.29 is 9.53 Å². The monoisotopic (exact) mass is 595 g/mol. The third-order valence-corrected chi connectivity index (χ3v) is 8.45. The number of ether oxygens (including phenoxy) is 1. The second-order valence-corrected chi connectivity index (χ2v) is 12.9. The Morgan fingerprint density at radius 3 is 2.30 bits per heavy atom. The van der Waals surface area contributed by atoms with E-state index in [0.717, 1.165) is 28.3 Å². The van der Waals surface area contributed by atoms with Gasteiger partial charge in [-0.2, -0.15) is 0 Å². The zero-order valence-electron chi connectivity index (χ0n) is 26.5. The highest BCUT2D eigenvalue weighted by Crippen LogP contribution is 2.45. The molecule has 1 aliphatic heterocycles. The maximum atomic E-state index is 12.8. The molecule has 4 aromatic rings. The molecule has 1 saturated heterocycles. The van der Waals surface area contributed by atoms with Crippen LogP contribution >= 0.6 is 12.2 Å². The summed E-state index contributed by atoms with van der Waals surface area (Å²) >= 11 is 6.01. The van der Waals surface area contributed by atoms with Crippen LogP contribution in [-0.2, 0) is 4.79 Å². The average Bonchev–Trinajstić information content (AvgIpc) is 3.43. The zero-order valence-corrected chi connectivity index (χ0v) is 27.3. The van der Waals surface area contributed by atoms with Crippen molar-refractivity contribution in [3.05, 3.63) is 100 Å². The molecular weight excluding hydrogens is 554 g/mol. The van der Waals surface area contributed by atoms with Crippen LogP contribution in [0.3, 0.4) is 0 Å². The van der Waals surface area contributed by atoms with Crippen LogP contribution in [0.2, 0.25) is 0 Å². The molecule has 0 bridgehead atoms. The predicted octanol–water partition coefficient (Wildman–Crippen LogP) is 7.58. The van der Waals surface area contributed by atoms with Crippen molar-refractivity contribution in [2.24, 2.45) is 5.41 Å². The minimum absolute atomic E-state index is 0.0841. The van der Waals surface area contributed by atoms with E-state index in [4.69, 9.17) is 21.9 Å². The Kier molecular flexibility index (Phi) is 8.09. The summed E-state index contributed by atoms with van der Waals surface area (Å²) in [7, 11) is 1.61. The number of benzene rings is 2. The average molecular weight is 596 g/mol. The Hall–Kier alpha value is -4.17. The van der Waals surface area contributed by atoms with E-state index >= 15 is 0 Å². The molecule has 7 nitrogen and oxygen atoms in total. The van der Waals surface area contributed by atoms with E-state index < -0.39 is 5.41 Å². The molecule has 0 aliphatic carbocycles. The van der Waals surface area contributed by atoms with Crippen molar-refractivity contribution in [2.75, 3.05) is 17.3 Å². The minimum Gasteiger partial charge on any atom is -0.494 e. The number of rotatable bonds is 6. The third kappa shape index (κ3) is 5.64. The van der Waals surface area contributed by atoms with Crippen molar-refractivity contribution >= 4 is 34.6 Å². The summed E-state index contributed by atoms with van der Waals surface area (Å²) in [5.74, 6) is 0.480. The molecule has 224 valence electrons. The minimum atomic E-state index is -0.540. The summed E-state index contributed by atoms with van der Waals surface area (Å²) in [5.41, 5.74) is 10.2. The molecule has 0 unspecified atom stereocenters. The standard InChI is InChI=1S/C35H41N5O2S/c1-20-16-21(2)31(22(3)17-20)39-23(4)18-26(24(39)5)32-30(28-12-10-11-15-36-28)38-34(43)40(32)25-13-14-27(29(19-25)42-9)37-33(41)35(6,7)8/h10-19,30,32H,1-9H3,(H,37,41)(H,38,43)/t30-,32-/m1/s1. The number of thiocarbonyl (C=S) groups is 1. The van der Waals surface area contributed by atoms with Crippen LogP contribution in [0, 0.1) is 40.0 Å². The molecule has 3 heterocycles. The van der Waals surface area contributed by atoms with E-state index in [-0.39, 0.29) is 18.0 Å². The first-order valence-electron chi connectivity index (χ1n) is 14.6. The first-order chi connectivity index (χ1) is 20.3. The highest BCUT2D eigenvalue weighted by Gasteiger charge is 2.42. The number of amides is 1. The number of pyridine rings is 1. The summed E-state index contributed by atoms with van der Waals surface area (Å²) in [4.78, 5) is 19.6. The topological polar surface area (TPSA) is 71.4 Å². The maximum absolute atomic E-state index is 12.8. The molecule has 1 aliphatic rings. The first kappa shape index (κ1) is 30.3. The molecule has 2 aromatic heterocycles. The van der Waals surface area contributed by atoms with Gasteiger partial charge in [0.2, 0.25) is 5.91 Å². The molecule has 2 aromatic carbocycles. The number of hydrogen-bond acceptors (Lipinski definition) is 4. The lowest BCUT2D eigenvalue weighted by Gasteiger charge is -2.29. The number of nitrogens with one attached hydrogen (secondary N) is 2. The number of nitrogens with zero attached hydrogens (tertiary/aromatic N) is 3. The highest BCUT2D eigenvalue weighted by molar-refractivity contribution is 7.80. The smallest absolute Gasteiger partial charge is 0.229 e. The summed E-state index contributed by atoms with van der Waals surface area (Å²) in [6, 6.07) is 18.1. The van der Waals surface area contributed by atoms with Crippen molar-refractivity contribution in [2.45, 2.75) is 67.5 Å². The second kappa shape index (κ2) is 11.5. The second-order valence-electron chi connectivity index (χ2n) is 12.5. The Morgan fingerprint density at radius 2 is 1.70 bits per heavy atom. The Labute approximate surface area is 260 Å². The fourth-order valence-corrected chi connectivity index (χ4v) is 6.49. The Bertz CT molecular complexity index is 1680. The number of carbonyl (C=O) groups is 1. The van der Waals surface area contributed by atoms with Crippen molar-refractivity contribution in [3.63, 3.8) is 0 Å². The van der Waals surface area contributed by atoms with Crippen LogP contribution in [0.5, 0.6) is 5.75 Å². The van der Waals surface area contributed by atoms with Gasteiger partial charge in [0.15, 0.2) is 5.11 Å². The van der Waals surface area contributed by atoms with E-state index in [1.165, 1.54) is 22.4 Å². The highest BCUT2D eigenvalue weighted by atomic mass is 32.1. The lowest BCUT2D eigenvalue weighted by molar-refractivity contribution is -0.123. The largest absolute Gasteiger partial charge is 0.494 e. The summed E-state index contributed by atoms with van der Waals surface area (Å²) in [6.07, 6.45) is 1.82. The van der Waals surface area contributed by atoms with Crippen LogP contribution in [0.25, 0.3) is 5.69 Å². The maximum Gasteiger partial charge on any atom is 0.229 e. The van der Waals surface area contributed by atoms with E-state index in [9.17, 15) is 4.79 Å². The van der Waals surface area contributed by atoms with Gasteiger partial charge in [0.1, 0.15) is 5.75 Å². The zero-order chi connectivity index (χ0) is 31.2. The van der Waals surface area contributed by atoms with Crippen LogP contribution in [0.4, 0.5) is 11.4 Å². The van der Waals surface area contributed by atoms with Gasteiger partial charge in [-0.05, 0) is 93.9 Å². The lowest BCUT2D eigenvalue weighted by Crippen LogP contribution is -2.30. The molecule has 2 N–H and O–H groups in total. The molecule has 5 rings (SSSR count). The third-order valence-electron chi connectivity index (χ3n) is 8.14. The van der Waals surface area contributed by atoms with Gasteiger partial charge in [0, 0.05) is 34.8 Å². The van der Waals surface area contributed by atoms with Crippen LogP contribution in [0.1, 0.15) is 72.2 Å². The molecule has 0 saturated carbocycles. The number of hydrogen-bond donors (Lipinski definition) is 2. The molecule has 1 amide bonds. The van der Waals surface area contributed by atoms with E-state index in [1.54, 1.807) is 7.11 Å². The fraction of sp³-hybridized carbons (Fsp3) is 0.343. The Morgan fingerprint density at radius 1 is 1.00 bits per heavy atom. The number of carbonyl (C=O) groups excluding carboxylic acids is 1. The van der Waals surface area contributed by atoms with E-state index in [1.807, 2.05) is 63.4 Å². The van der Waals surface area contributed by atoms with Gasteiger partial charge in [0.05, 0.1) is 36.3 Å². The summed E-state index contributed by atoms with van der Waals surface area (Å²) in [6.45, 7) is 16.5. The molecule has 0 spiro atoms. The van der Waals surface area contributed by atoms with E-state index in [2.05, 4.69) is 72.9 Å². The van der Waals surface area contributed by atoms with Crippen LogP contribution in [-0.4, -0.2) is 27.7 Å². The predicted molar refractivity (Wildman–Crippen MR) is 178 cm³/mol. The van der Waals surface area contributed by atoms with Gasteiger partial charge in [-0.3, -0.25) is 9.78 Å². The Balaban J connectivity index is 1.66. The van der Waals surface area contributed by atoms with Crippen LogP contribution < -0.4 is 20.3 Å². The summed E-state index contributed by atoms with van der Waals surface area (Å²) in [5, 5.41) is 7.19. The molecule has 43 heavy (non-hydrogen) atoms. The molecule has 2 atom stereocenters. The van der Waals surface area contributed by atoms with Crippen LogP contribution in [0.15, 0.2) is 60.8 Å².